The molecule has 0 radical (unpaired) electrons. The Hall–Kier alpha value is -1.23. The highest BCUT2D eigenvalue weighted by Gasteiger charge is 2.35. The van der Waals surface area contributed by atoms with Gasteiger partial charge in [-0.2, -0.15) is 13.2 Å². The summed E-state index contributed by atoms with van der Waals surface area (Å²) in [5, 5.41) is -0.292. The first-order valence-electron chi connectivity index (χ1n) is 7.66. The van der Waals surface area contributed by atoms with Crippen molar-refractivity contribution in [2.24, 2.45) is 5.41 Å². The van der Waals surface area contributed by atoms with Crippen LogP contribution in [0.25, 0.3) is 0 Å². The van der Waals surface area contributed by atoms with E-state index in [1.807, 2.05) is 20.8 Å². The fraction of sp³-hybridized carbons (Fsp3) is 0.588. The van der Waals surface area contributed by atoms with Gasteiger partial charge in [-0.15, -0.1) is 0 Å². The molecule has 1 heterocycles. The lowest BCUT2D eigenvalue weighted by Crippen LogP contribution is -2.44. The normalized spacial score (nSPS) is 19.8. The lowest BCUT2D eigenvalue weighted by molar-refractivity contribution is -0.141. The van der Waals surface area contributed by atoms with Gasteiger partial charge in [0.15, 0.2) is 0 Å². The van der Waals surface area contributed by atoms with Crippen LogP contribution in [0.3, 0.4) is 0 Å². The minimum Gasteiger partial charge on any atom is -0.342 e. The highest BCUT2D eigenvalue weighted by molar-refractivity contribution is 6.31. The topological polar surface area (TPSA) is 20.3 Å². The van der Waals surface area contributed by atoms with E-state index in [1.165, 1.54) is 6.07 Å². The third-order valence-electron chi connectivity index (χ3n) is 4.12. The Labute approximate surface area is 139 Å². The number of alkyl halides is 3. The molecule has 1 aromatic rings. The highest BCUT2D eigenvalue weighted by Crippen LogP contribution is 2.38. The molecule has 1 saturated heterocycles. The Morgan fingerprint density at radius 1 is 1.26 bits per heavy atom. The third-order valence-corrected chi connectivity index (χ3v) is 4.45. The van der Waals surface area contributed by atoms with Crippen LogP contribution < -0.4 is 0 Å². The molecule has 23 heavy (non-hydrogen) atoms. The van der Waals surface area contributed by atoms with Gasteiger partial charge in [0, 0.05) is 24.4 Å². The van der Waals surface area contributed by atoms with Gasteiger partial charge in [0.1, 0.15) is 0 Å². The van der Waals surface area contributed by atoms with Crippen LogP contribution >= 0.6 is 11.6 Å². The molecule has 0 saturated carbocycles. The Kier molecular flexibility index (Phi) is 5.00. The summed E-state index contributed by atoms with van der Waals surface area (Å²) in [7, 11) is 0. The summed E-state index contributed by atoms with van der Waals surface area (Å²) in [6.07, 6.45) is -2.91. The van der Waals surface area contributed by atoms with Crippen LogP contribution in [0.2, 0.25) is 5.02 Å². The Morgan fingerprint density at radius 2 is 1.91 bits per heavy atom. The molecule has 1 unspecified atom stereocenters. The summed E-state index contributed by atoms with van der Waals surface area (Å²) in [4.78, 5) is 14.2. The molecule has 1 atom stereocenters. The van der Waals surface area contributed by atoms with E-state index < -0.39 is 17.2 Å². The van der Waals surface area contributed by atoms with E-state index in [9.17, 15) is 18.0 Å². The molecule has 1 amide bonds. The van der Waals surface area contributed by atoms with Crippen molar-refractivity contribution in [1.29, 1.82) is 0 Å². The van der Waals surface area contributed by atoms with E-state index in [-0.39, 0.29) is 16.8 Å². The van der Waals surface area contributed by atoms with Crippen LogP contribution in [0.1, 0.15) is 50.7 Å². The first-order chi connectivity index (χ1) is 10.5. The van der Waals surface area contributed by atoms with Crippen LogP contribution in [0.5, 0.6) is 0 Å². The van der Waals surface area contributed by atoms with E-state index in [4.69, 9.17) is 11.6 Å². The van der Waals surface area contributed by atoms with Crippen LogP contribution in [0.4, 0.5) is 13.2 Å². The summed E-state index contributed by atoms with van der Waals surface area (Å²) in [5.74, 6) is -0.0550. The quantitative estimate of drug-likeness (QED) is 0.691. The molecule has 128 valence electrons. The highest BCUT2D eigenvalue weighted by atomic mass is 35.5. The minimum absolute atomic E-state index is 0.0345. The van der Waals surface area contributed by atoms with E-state index in [2.05, 4.69) is 0 Å². The number of hydrogen-bond donors (Lipinski definition) is 0. The van der Waals surface area contributed by atoms with Crippen molar-refractivity contribution >= 4 is 17.5 Å². The molecule has 0 N–H and O–H groups in total. The Balaban J connectivity index is 2.24. The number of piperidine rings is 1. The second-order valence-corrected chi connectivity index (χ2v) is 7.48. The molecular weight excluding hydrogens is 327 g/mol. The zero-order valence-corrected chi connectivity index (χ0v) is 14.3. The van der Waals surface area contributed by atoms with Crippen molar-refractivity contribution in [3.63, 3.8) is 0 Å². The predicted molar refractivity (Wildman–Crippen MR) is 84.5 cm³/mol. The van der Waals surface area contributed by atoms with Gasteiger partial charge in [0.05, 0.1) is 10.6 Å². The maximum absolute atomic E-state index is 13.0. The number of likely N-dealkylation sites (tertiary alicyclic amines) is 1. The lowest BCUT2D eigenvalue weighted by atomic mass is 9.87. The van der Waals surface area contributed by atoms with Crippen LogP contribution in [0.15, 0.2) is 18.2 Å². The largest absolute Gasteiger partial charge is 0.417 e. The van der Waals surface area contributed by atoms with Gasteiger partial charge in [0.25, 0.3) is 0 Å². The molecule has 1 aromatic carbocycles. The molecule has 6 heteroatoms. The monoisotopic (exact) mass is 347 g/mol. The van der Waals surface area contributed by atoms with Crippen molar-refractivity contribution < 1.29 is 18.0 Å². The number of carbonyl (C=O) groups excluding carboxylic acids is 1. The van der Waals surface area contributed by atoms with Gasteiger partial charge < -0.3 is 4.90 Å². The van der Waals surface area contributed by atoms with Crippen molar-refractivity contribution in [3.8, 4) is 0 Å². The van der Waals surface area contributed by atoms with Gasteiger partial charge in [-0.3, -0.25) is 4.79 Å². The Morgan fingerprint density at radius 3 is 2.48 bits per heavy atom. The summed E-state index contributed by atoms with van der Waals surface area (Å²) in [6, 6.07) is 4.05. The van der Waals surface area contributed by atoms with Crippen molar-refractivity contribution in [2.75, 3.05) is 13.1 Å². The second kappa shape index (κ2) is 6.34. The molecule has 2 rings (SSSR count). The van der Waals surface area contributed by atoms with Gasteiger partial charge in [0.2, 0.25) is 5.91 Å². The van der Waals surface area contributed by atoms with Crippen molar-refractivity contribution in [1.82, 2.24) is 4.90 Å². The van der Waals surface area contributed by atoms with Gasteiger partial charge in [-0.25, -0.2) is 0 Å². The first kappa shape index (κ1) is 18.1. The molecule has 2 nitrogen and oxygen atoms in total. The van der Waals surface area contributed by atoms with E-state index in [1.54, 1.807) is 11.0 Å². The standard InChI is InChI=1S/C17H21ClF3NO/c1-16(2,3)15(23)22-8-4-5-12(10-22)11-6-7-14(18)13(9-11)17(19,20)21/h6-7,9,12H,4-5,8,10H2,1-3H3. The minimum atomic E-state index is -4.47. The zero-order chi connectivity index (χ0) is 17.4. The van der Waals surface area contributed by atoms with Crippen molar-refractivity contribution in [2.45, 2.75) is 45.7 Å². The smallest absolute Gasteiger partial charge is 0.342 e. The molecule has 1 fully saturated rings. The summed E-state index contributed by atoms with van der Waals surface area (Å²) in [5.41, 5.74) is -0.706. The summed E-state index contributed by atoms with van der Waals surface area (Å²) in [6.45, 7) is 6.66. The van der Waals surface area contributed by atoms with Crippen LogP contribution in [0, 0.1) is 5.41 Å². The first-order valence-corrected chi connectivity index (χ1v) is 8.04. The number of nitrogens with zero attached hydrogens (tertiary/aromatic N) is 1. The molecular formula is C17H21ClF3NO. The van der Waals surface area contributed by atoms with E-state index in [0.717, 1.165) is 18.9 Å². The van der Waals surface area contributed by atoms with Crippen molar-refractivity contribution in [3.05, 3.63) is 34.3 Å². The van der Waals surface area contributed by atoms with Gasteiger partial charge in [-0.1, -0.05) is 38.4 Å². The van der Waals surface area contributed by atoms with Gasteiger partial charge >= 0.3 is 6.18 Å². The number of amides is 1. The molecule has 0 aliphatic carbocycles. The fourth-order valence-electron chi connectivity index (χ4n) is 2.92. The molecule has 1 aliphatic heterocycles. The van der Waals surface area contributed by atoms with E-state index >= 15 is 0 Å². The average molecular weight is 348 g/mol. The second-order valence-electron chi connectivity index (χ2n) is 7.08. The van der Waals surface area contributed by atoms with Crippen LogP contribution in [-0.4, -0.2) is 23.9 Å². The Bertz CT molecular complexity index is 592. The molecule has 0 spiro atoms. The number of benzene rings is 1. The zero-order valence-electron chi connectivity index (χ0n) is 13.5. The summed E-state index contributed by atoms with van der Waals surface area (Å²) < 4.78 is 39.0. The van der Waals surface area contributed by atoms with Gasteiger partial charge in [-0.05, 0) is 30.5 Å². The average Bonchev–Trinajstić information content (AvgIpc) is 2.45. The number of rotatable bonds is 1. The number of halogens is 4. The fourth-order valence-corrected chi connectivity index (χ4v) is 3.15. The van der Waals surface area contributed by atoms with E-state index in [0.29, 0.717) is 18.7 Å². The van der Waals surface area contributed by atoms with Crippen LogP contribution in [-0.2, 0) is 11.0 Å². The maximum Gasteiger partial charge on any atom is 0.417 e. The predicted octanol–water partition coefficient (Wildman–Crippen LogP) is 5.11. The third kappa shape index (κ3) is 4.19. The molecule has 1 aliphatic rings. The maximum atomic E-state index is 13.0. The SMILES string of the molecule is CC(C)(C)C(=O)N1CCCC(c2ccc(Cl)c(C(F)(F)F)c2)C1. The lowest BCUT2D eigenvalue weighted by Gasteiger charge is -2.36. The molecule has 0 aromatic heterocycles. The number of carbonyl (C=O) groups is 1. The number of hydrogen-bond acceptors (Lipinski definition) is 1. The summed E-state index contributed by atoms with van der Waals surface area (Å²) >= 11 is 5.67. The molecule has 0 bridgehead atoms.